The van der Waals surface area contributed by atoms with Crippen molar-refractivity contribution in [1.29, 1.82) is 0 Å². The Morgan fingerprint density at radius 3 is 2.77 bits per heavy atom. The normalized spacial score (nSPS) is 18.7. The van der Waals surface area contributed by atoms with Gasteiger partial charge in [-0.2, -0.15) is 9.40 Å². The van der Waals surface area contributed by atoms with E-state index in [1.165, 1.54) is 23.5 Å². The van der Waals surface area contributed by atoms with Gasteiger partial charge in [-0.25, -0.2) is 13.2 Å². The molecule has 1 aromatic carbocycles. The van der Waals surface area contributed by atoms with Crippen LogP contribution in [0.4, 0.5) is 0 Å². The van der Waals surface area contributed by atoms with Gasteiger partial charge in [0.15, 0.2) is 0 Å². The first kappa shape index (κ1) is 19.1. The number of hydrogen-bond donors (Lipinski definition) is 0. The molecule has 1 aliphatic heterocycles. The fourth-order valence-corrected chi connectivity index (χ4v) is 6.05. The number of carbonyl (C=O) groups is 1. The van der Waals surface area contributed by atoms with Crippen LogP contribution in [0, 0.1) is 0 Å². The molecule has 3 rings (SSSR count). The Morgan fingerprint density at radius 1 is 1.35 bits per heavy atom. The Bertz CT molecular complexity index is 926. The van der Waals surface area contributed by atoms with Crippen LogP contribution in [0.5, 0.6) is 0 Å². The maximum absolute atomic E-state index is 13.4. The minimum absolute atomic E-state index is 0.0659. The summed E-state index contributed by atoms with van der Waals surface area (Å²) in [6, 6.07) is 4.31. The fraction of sp³-hybridized carbons (Fsp3) is 0.412. The van der Waals surface area contributed by atoms with E-state index in [2.05, 4.69) is 21.0 Å². The van der Waals surface area contributed by atoms with Crippen LogP contribution < -0.4 is 0 Å². The van der Waals surface area contributed by atoms with Gasteiger partial charge in [-0.1, -0.05) is 12.5 Å². The van der Waals surface area contributed by atoms with Gasteiger partial charge in [0.2, 0.25) is 10.0 Å². The molecule has 0 amide bonds. The number of hydrogen-bond acceptors (Lipinski definition) is 5. The third-order valence-corrected chi connectivity index (χ3v) is 7.59. The summed E-state index contributed by atoms with van der Waals surface area (Å²) in [4.78, 5) is 12.0. The summed E-state index contributed by atoms with van der Waals surface area (Å²) < 4.78 is 34.9. The average Bonchev–Trinajstić information content (AvgIpc) is 3.07. The lowest BCUT2D eigenvalue weighted by Crippen LogP contribution is -2.38. The van der Waals surface area contributed by atoms with E-state index in [9.17, 15) is 13.2 Å². The van der Waals surface area contributed by atoms with Crippen molar-refractivity contribution in [2.24, 2.45) is 7.05 Å². The van der Waals surface area contributed by atoms with Crippen molar-refractivity contribution >= 4 is 31.9 Å². The van der Waals surface area contributed by atoms with Crippen LogP contribution in [0.25, 0.3) is 0 Å². The van der Waals surface area contributed by atoms with Gasteiger partial charge in [-0.3, -0.25) is 4.68 Å². The monoisotopic (exact) mass is 441 g/mol. The van der Waals surface area contributed by atoms with E-state index >= 15 is 0 Å². The number of aromatic nitrogens is 2. The van der Waals surface area contributed by atoms with Crippen LogP contribution in [0.2, 0.25) is 0 Å². The SMILES string of the molecule is COC(=O)c1cccc(S(=O)(=O)N2CCCCC2c2cnn(C)c2)c1Br. The predicted molar refractivity (Wildman–Crippen MR) is 99.2 cm³/mol. The lowest BCUT2D eigenvalue weighted by atomic mass is 10.0. The molecule has 0 N–H and O–H groups in total. The van der Waals surface area contributed by atoms with E-state index in [1.54, 1.807) is 16.9 Å². The summed E-state index contributed by atoms with van der Waals surface area (Å²) in [6.07, 6.45) is 6.04. The van der Waals surface area contributed by atoms with Crippen molar-refractivity contribution in [1.82, 2.24) is 14.1 Å². The number of piperidine rings is 1. The number of nitrogens with zero attached hydrogens (tertiary/aromatic N) is 3. The molecule has 140 valence electrons. The van der Waals surface area contributed by atoms with Gasteiger partial charge in [0.05, 0.1) is 34.3 Å². The molecule has 0 aliphatic carbocycles. The Kier molecular flexibility index (Phi) is 5.50. The van der Waals surface area contributed by atoms with E-state index < -0.39 is 16.0 Å². The van der Waals surface area contributed by atoms with Crippen LogP contribution in [0.15, 0.2) is 40.0 Å². The molecule has 1 saturated heterocycles. The summed E-state index contributed by atoms with van der Waals surface area (Å²) >= 11 is 3.28. The standard InChI is InChI=1S/C17H20BrN3O4S/c1-20-11-12(10-19-20)14-7-3-4-9-21(14)26(23,24)15-8-5-6-13(16(15)18)17(22)25-2/h5-6,8,10-11,14H,3-4,7,9H2,1-2H3. The number of rotatable bonds is 4. The Balaban J connectivity index is 2.05. The molecule has 7 nitrogen and oxygen atoms in total. The number of benzene rings is 1. The summed E-state index contributed by atoms with van der Waals surface area (Å²) in [5.41, 5.74) is 1.06. The zero-order valence-corrected chi connectivity index (χ0v) is 17.0. The highest BCUT2D eigenvalue weighted by Gasteiger charge is 2.36. The van der Waals surface area contributed by atoms with Gasteiger partial charge in [-0.15, -0.1) is 0 Å². The summed E-state index contributed by atoms with van der Waals surface area (Å²) in [7, 11) is -0.733. The molecule has 1 atom stereocenters. The number of sulfonamides is 1. The number of carbonyl (C=O) groups excluding carboxylic acids is 1. The molecule has 26 heavy (non-hydrogen) atoms. The molecule has 9 heteroatoms. The van der Waals surface area contributed by atoms with Crippen LogP contribution in [0.1, 0.15) is 41.2 Å². The number of methoxy groups -OCH3 is 1. The zero-order valence-electron chi connectivity index (χ0n) is 14.6. The van der Waals surface area contributed by atoms with E-state index in [1.807, 2.05) is 13.2 Å². The highest BCUT2D eigenvalue weighted by molar-refractivity contribution is 9.10. The fourth-order valence-electron chi connectivity index (χ4n) is 3.24. The predicted octanol–water partition coefficient (Wildman–Crippen LogP) is 2.89. The second-order valence-corrected chi connectivity index (χ2v) is 8.84. The van der Waals surface area contributed by atoms with E-state index in [4.69, 9.17) is 4.74 Å². The lowest BCUT2D eigenvalue weighted by molar-refractivity contribution is 0.0599. The molecule has 0 saturated carbocycles. The van der Waals surface area contributed by atoms with Gasteiger partial charge in [0.1, 0.15) is 0 Å². The maximum Gasteiger partial charge on any atom is 0.339 e. The first-order chi connectivity index (χ1) is 12.4. The van der Waals surface area contributed by atoms with E-state index in [0.717, 1.165) is 24.8 Å². The van der Waals surface area contributed by atoms with Gasteiger partial charge in [-0.05, 0) is 40.9 Å². The van der Waals surface area contributed by atoms with Crippen LogP contribution in [-0.4, -0.2) is 42.1 Å². The second kappa shape index (κ2) is 7.50. The molecule has 2 heterocycles. The smallest absolute Gasteiger partial charge is 0.339 e. The first-order valence-corrected chi connectivity index (χ1v) is 10.5. The molecule has 0 spiro atoms. The zero-order chi connectivity index (χ0) is 18.9. The van der Waals surface area contributed by atoms with Crippen molar-refractivity contribution in [3.63, 3.8) is 0 Å². The lowest BCUT2D eigenvalue weighted by Gasteiger charge is -2.34. The largest absolute Gasteiger partial charge is 0.465 e. The van der Waals surface area contributed by atoms with Crippen LogP contribution in [-0.2, 0) is 21.8 Å². The quantitative estimate of drug-likeness (QED) is 0.681. The van der Waals surface area contributed by atoms with Crippen molar-refractivity contribution in [3.8, 4) is 0 Å². The van der Waals surface area contributed by atoms with Gasteiger partial charge < -0.3 is 4.74 Å². The molecule has 0 radical (unpaired) electrons. The third-order valence-electron chi connectivity index (χ3n) is 4.52. The average molecular weight is 442 g/mol. The maximum atomic E-state index is 13.4. The van der Waals surface area contributed by atoms with E-state index in [-0.39, 0.29) is 21.0 Å². The highest BCUT2D eigenvalue weighted by atomic mass is 79.9. The number of halogens is 1. The molecule has 0 bridgehead atoms. The second-order valence-electron chi connectivity index (χ2n) is 6.18. The molecular weight excluding hydrogens is 422 g/mol. The van der Waals surface area contributed by atoms with Crippen molar-refractivity contribution < 1.29 is 17.9 Å². The minimum Gasteiger partial charge on any atom is -0.465 e. The molecule has 1 aliphatic rings. The number of esters is 1. The summed E-state index contributed by atoms with van der Waals surface area (Å²) in [6.45, 7) is 0.427. The Hall–Kier alpha value is -1.71. The first-order valence-electron chi connectivity index (χ1n) is 8.23. The molecule has 2 aromatic rings. The topological polar surface area (TPSA) is 81.5 Å². The highest BCUT2D eigenvalue weighted by Crippen LogP contribution is 2.37. The summed E-state index contributed by atoms with van der Waals surface area (Å²) in [5.74, 6) is -0.587. The third kappa shape index (κ3) is 3.43. The van der Waals surface area contributed by atoms with E-state index in [0.29, 0.717) is 6.54 Å². The Labute approximate surface area is 161 Å². The van der Waals surface area contributed by atoms with Gasteiger partial charge >= 0.3 is 5.97 Å². The van der Waals surface area contributed by atoms with Gasteiger partial charge in [0, 0.05) is 25.4 Å². The Morgan fingerprint density at radius 2 is 2.12 bits per heavy atom. The number of ether oxygens (including phenoxy) is 1. The molecule has 1 aromatic heterocycles. The molecule has 1 fully saturated rings. The molecule has 1 unspecified atom stereocenters. The molecular formula is C17H20BrN3O4S. The van der Waals surface area contributed by atoms with Crippen molar-refractivity contribution in [2.75, 3.05) is 13.7 Å². The summed E-state index contributed by atoms with van der Waals surface area (Å²) in [5, 5.41) is 4.17. The van der Waals surface area contributed by atoms with Crippen LogP contribution >= 0.6 is 15.9 Å². The minimum atomic E-state index is -3.80. The van der Waals surface area contributed by atoms with Gasteiger partial charge in [0.25, 0.3) is 0 Å². The van der Waals surface area contributed by atoms with Crippen molar-refractivity contribution in [3.05, 3.63) is 46.2 Å². The van der Waals surface area contributed by atoms with Crippen molar-refractivity contribution in [2.45, 2.75) is 30.2 Å². The number of aryl methyl sites for hydroxylation is 1. The van der Waals surface area contributed by atoms with Crippen LogP contribution in [0.3, 0.4) is 0 Å².